The summed E-state index contributed by atoms with van der Waals surface area (Å²) in [6.45, 7) is 19.7. The van der Waals surface area contributed by atoms with E-state index in [0.29, 0.717) is 36.5 Å². The Balaban J connectivity index is 4.63. The summed E-state index contributed by atoms with van der Waals surface area (Å²) in [6, 6.07) is 2.24. The van der Waals surface area contributed by atoms with Crippen molar-refractivity contribution >= 4 is 0 Å². The van der Waals surface area contributed by atoms with E-state index >= 15 is 0 Å². The quantitative estimate of drug-likeness (QED) is 0.269. The molecule has 3 heteroatoms. The molecule has 0 saturated heterocycles. The van der Waals surface area contributed by atoms with Gasteiger partial charge in [0.05, 0.1) is 19.3 Å². The van der Waals surface area contributed by atoms with Crippen molar-refractivity contribution < 1.29 is 9.47 Å². The van der Waals surface area contributed by atoms with Crippen LogP contribution in [0.1, 0.15) is 93.9 Å². The van der Waals surface area contributed by atoms with E-state index in [4.69, 9.17) is 14.7 Å². The maximum Gasteiger partial charge on any atom is 0.158 e. The number of ether oxygens (including phenoxy) is 2. The Kier molecular flexibility index (Phi) is 15.0. The molecule has 160 valence electrons. The zero-order chi connectivity index (χ0) is 20.8. The topological polar surface area (TPSA) is 42.2 Å². The molecule has 0 N–H and O–H groups in total. The number of nitrogens with zero attached hydrogens (tertiary/aromatic N) is 1. The van der Waals surface area contributed by atoms with Gasteiger partial charge in [-0.25, -0.2) is 0 Å². The highest BCUT2D eigenvalue weighted by molar-refractivity contribution is 4.71. The van der Waals surface area contributed by atoms with Crippen LogP contribution < -0.4 is 0 Å². The summed E-state index contributed by atoms with van der Waals surface area (Å²) in [7, 11) is 0. The van der Waals surface area contributed by atoms with Gasteiger partial charge in [0.2, 0.25) is 0 Å². The molecule has 0 radical (unpaired) electrons. The fourth-order valence-corrected chi connectivity index (χ4v) is 3.17. The van der Waals surface area contributed by atoms with E-state index in [1.807, 2.05) is 0 Å². The predicted octanol–water partition coefficient (Wildman–Crippen LogP) is 7.07. The summed E-state index contributed by atoms with van der Waals surface area (Å²) in [5, 5.41) is 8.98. The second kappa shape index (κ2) is 15.3. The number of hydrogen-bond donors (Lipinski definition) is 0. The molecule has 27 heavy (non-hydrogen) atoms. The van der Waals surface area contributed by atoms with Gasteiger partial charge in [0.25, 0.3) is 0 Å². The SMILES string of the molecule is CC(C)CCC(COC(CCC#N)OCC(CCC(C)C)C(C)C)C(C)C. The molecule has 0 aliphatic heterocycles. The lowest BCUT2D eigenvalue weighted by Gasteiger charge is -2.28. The molecule has 0 aromatic carbocycles. The maximum atomic E-state index is 8.98. The minimum absolute atomic E-state index is 0.245. The van der Waals surface area contributed by atoms with Crippen molar-refractivity contribution in [2.24, 2.45) is 35.5 Å². The fraction of sp³-hybridized carbons (Fsp3) is 0.958. The Morgan fingerprint density at radius 3 is 1.33 bits per heavy atom. The third-order valence-electron chi connectivity index (χ3n) is 5.60. The van der Waals surface area contributed by atoms with Gasteiger partial charge in [-0.1, -0.05) is 68.2 Å². The van der Waals surface area contributed by atoms with E-state index in [0.717, 1.165) is 25.0 Å². The van der Waals surface area contributed by atoms with Crippen LogP contribution in [0, 0.1) is 46.8 Å². The van der Waals surface area contributed by atoms with Crippen molar-refractivity contribution in [2.45, 2.75) is 100 Å². The van der Waals surface area contributed by atoms with Gasteiger partial charge < -0.3 is 9.47 Å². The highest BCUT2D eigenvalue weighted by Gasteiger charge is 2.20. The molecule has 2 atom stereocenters. The number of rotatable bonds is 16. The van der Waals surface area contributed by atoms with Gasteiger partial charge in [-0.2, -0.15) is 5.26 Å². The molecule has 0 fully saturated rings. The molecule has 3 nitrogen and oxygen atoms in total. The summed E-state index contributed by atoms with van der Waals surface area (Å²) < 4.78 is 12.4. The Morgan fingerprint density at radius 2 is 1.04 bits per heavy atom. The highest BCUT2D eigenvalue weighted by atomic mass is 16.7. The van der Waals surface area contributed by atoms with Crippen molar-refractivity contribution in [3.8, 4) is 6.07 Å². The van der Waals surface area contributed by atoms with Crippen molar-refractivity contribution in [3.63, 3.8) is 0 Å². The molecule has 0 aromatic rings. The van der Waals surface area contributed by atoms with Gasteiger partial charge in [-0.15, -0.1) is 0 Å². The van der Waals surface area contributed by atoms with Crippen LogP contribution in [-0.4, -0.2) is 19.5 Å². The van der Waals surface area contributed by atoms with E-state index in [9.17, 15) is 0 Å². The summed E-state index contributed by atoms with van der Waals surface area (Å²) in [6.07, 6.45) is 5.78. The fourth-order valence-electron chi connectivity index (χ4n) is 3.17. The zero-order valence-corrected chi connectivity index (χ0v) is 19.5. The summed E-state index contributed by atoms with van der Waals surface area (Å²) in [5.74, 6) is 3.78. The van der Waals surface area contributed by atoms with Crippen LogP contribution in [0.5, 0.6) is 0 Å². The molecule has 0 heterocycles. The van der Waals surface area contributed by atoms with Crippen molar-refractivity contribution in [3.05, 3.63) is 0 Å². The molecule has 0 aliphatic rings. The molecule has 2 unspecified atom stereocenters. The first-order valence-electron chi connectivity index (χ1n) is 11.3. The molecule has 0 spiro atoms. The molecular formula is C24H47NO2. The second-order valence-corrected chi connectivity index (χ2v) is 9.74. The average Bonchev–Trinajstić information content (AvgIpc) is 2.57. The minimum Gasteiger partial charge on any atom is -0.352 e. The van der Waals surface area contributed by atoms with Gasteiger partial charge >= 0.3 is 0 Å². The Bertz CT molecular complexity index is 356. The Labute approximate surface area is 170 Å². The molecule has 0 bridgehead atoms. The molecule has 0 aromatic heterocycles. The van der Waals surface area contributed by atoms with E-state index in [2.05, 4.69) is 61.5 Å². The summed E-state index contributed by atoms with van der Waals surface area (Å²) >= 11 is 0. The molecule has 0 saturated carbocycles. The lowest BCUT2D eigenvalue weighted by molar-refractivity contribution is -0.165. The lowest BCUT2D eigenvalue weighted by Crippen LogP contribution is -2.27. The van der Waals surface area contributed by atoms with E-state index in [1.54, 1.807) is 0 Å². The average molecular weight is 382 g/mol. The van der Waals surface area contributed by atoms with Gasteiger partial charge in [0, 0.05) is 12.8 Å². The van der Waals surface area contributed by atoms with Crippen LogP contribution >= 0.6 is 0 Å². The second-order valence-electron chi connectivity index (χ2n) is 9.74. The van der Waals surface area contributed by atoms with Gasteiger partial charge in [-0.05, 0) is 48.3 Å². The third-order valence-corrected chi connectivity index (χ3v) is 5.60. The lowest BCUT2D eigenvalue weighted by atomic mass is 9.89. The van der Waals surface area contributed by atoms with Crippen molar-refractivity contribution in [1.29, 1.82) is 5.26 Å². The molecule has 0 rings (SSSR count). The van der Waals surface area contributed by atoms with Crippen molar-refractivity contribution in [1.82, 2.24) is 0 Å². The van der Waals surface area contributed by atoms with Crippen LogP contribution in [0.3, 0.4) is 0 Å². The maximum absolute atomic E-state index is 8.98. The largest absolute Gasteiger partial charge is 0.352 e. The van der Waals surface area contributed by atoms with Crippen LogP contribution in [0.15, 0.2) is 0 Å². The zero-order valence-electron chi connectivity index (χ0n) is 19.5. The summed E-state index contributed by atoms with van der Waals surface area (Å²) in [4.78, 5) is 0. The van der Waals surface area contributed by atoms with Crippen molar-refractivity contribution in [2.75, 3.05) is 13.2 Å². The van der Waals surface area contributed by atoms with Gasteiger partial charge in [-0.3, -0.25) is 0 Å². The Morgan fingerprint density at radius 1 is 0.630 bits per heavy atom. The first-order valence-corrected chi connectivity index (χ1v) is 11.3. The van der Waals surface area contributed by atoms with Crippen LogP contribution in [0.2, 0.25) is 0 Å². The van der Waals surface area contributed by atoms with Crippen LogP contribution in [-0.2, 0) is 9.47 Å². The standard InChI is InChI=1S/C24H47NO2/c1-18(2)11-13-22(20(5)6)16-26-24(10-9-15-25)27-17-23(21(7)8)14-12-19(3)4/h18-24H,9-14,16-17H2,1-8H3. The monoisotopic (exact) mass is 381 g/mol. The van der Waals surface area contributed by atoms with Crippen LogP contribution in [0.4, 0.5) is 0 Å². The minimum atomic E-state index is -0.245. The molecular weight excluding hydrogens is 334 g/mol. The van der Waals surface area contributed by atoms with Gasteiger partial charge in [0.15, 0.2) is 6.29 Å². The molecule has 0 amide bonds. The van der Waals surface area contributed by atoms with Gasteiger partial charge in [0.1, 0.15) is 0 Å². The van der Waals surface area contributed by atoms with E-state index in [-0.39, 0.29) is 6.29 Å². The van der Waals surface area contributed by atoms with E-state index in [1.165, 1.54) is 25.7 Å². The number of hydrogen-bond acceptors (Lipinski definition) is 3. The number of nitriles is 1. The Hall–Kier alpha value is -0.590. The molecule has 0 aliphatic carbocycles. The first kappa shape index (κ1) is 26.4. The first-order chi connectivity index (χ1) is 12.7. The normalized spacial score (nSPS) is 15.5. The summed E-state index contributed by atoms with van der Waals surface area (Å²) in [5.41, 5.74) is 0. The third kappa shape index (κ3) is 14.1. The van der Waals surface area contributed by atoms with E-state index < -0.39 is 0 Å². The van der Waals surface area contributed by atoms with Crippen LogP contribution in [0.25, 0.3) is 0 Å². The smallest absolute Gasteiger partial charge is 0.158 e. The predicted molar refractivity (Wildman–Crippen MR) is 115 cm³/mol. The highest BCUT2D eigenvalue weighted by Crippen LogP contribution is 2.24.